The van der Waals surface area contributed by atoms with E-state index in [1.807, 2.05) is 11.9 Å². The molecule has 1 unspecified atom stereocenters. The van der Waals surface area contributed by atoms with Crippen LogP contribution in [0.25, 0.3) is 0 Å². The van der Waals surface area contributed by atoms with Gasteiger partial charge in [-0.3, -0.25) is 0 Å². The lowest BCUT2D eigenvalue weighted by atomic mass is 9.79. The Hall–Kier alpha value is -1.28. The number of ether oxygens (including phenoxy) is 2. The van der Waals surface area contributed by atoms with Gasteiger partial charge in [0.05, 0.1) is 12.4 Å². The molecule has 1 fully saturated rings. The van der Waals surface area contributed by atoms with Crippen LogP contribution in [0.5, 0.6) is 5.75 Å². The zero-order valence-corrected chi connectivity index (χ0v) is 11.0. The predicted octanol–water partition coefficient (Wildman–Crippen LogP) is 1.59. The first-order chi connectivity index (χ1) is 9.36. The van der Waals surface area contributed by atoms with E-state index in [4.69, 9.17) is 9.47 Å². The molecule has 0 bridgehead atoms. The van der Waals surface area contributed by atoms with Crippen LogP contribution in [0.15, 0.2) is 18.2 Å². The highest BCUT2D eigenvalue weighted by atomic mass is 19.4. The van der Waals surface area contributed by atoms with Crippen molar-refractivity contribution in [3.63, 3.8) is 0 Å². The van der Waals surface area contributed by atoms with Gasteiger partial charge in [0, 0.05) is 19.2 Å². The van der Waals surface area contributed by atoms with Crippen molar-refractivity contribution in [2.45, 2.75) is 6.10 Å². The zero-order chi connectivity index (χ0) is 14.8. The number of nitrogens with zero attached hydrogens (tertiary/aromatic N) is 1. The van der Waals surface area contributed by atoms with Crippen molar-refractivity contribution in [2.24, 2.45) is 0 Å². The van der Waals surface area contributed by atoms with Crippen LogP contribution in [0.2, 0.25) is 0 Å². The quantitative estimate of drug-likeness (QED) is 0.621. The highest BCUT2D eigenvalue weighted by Crippen LogP contribution is 2.19. The molecule has 112 valence electrons. The van der Waals surface area contributed by atoms with Crippen LogP contribution in [0.4, 0.5) is 17.3 Å². The lowest BCUT2D eigenvalue weighted by molar-refractivity contribution is -0.0402. The SMILES string of the molecule is CN1CCOC(COc2cc(F)ccc2[B-](F)(F)F)C1. The van der Waals surface area contributed by atoms with E-state index in [2.05, 4.69) is 0 Å². The predicted molar refractivity (Wildman–Crippen MR) is 67.8 cm³/mol. The molecular weight excluding hydrogens is 277 g/mol. The van der Waals surface area contributed by atoms with E-state index in [-0.39, 0.29) is 12.7 Å². The smallest absolute Gasteiger partial charge is 0.494 e. The maximum Gasteiger partial charge on any atom is 0.513 e. The average Bonchev–Trinajstić information content (AvgIpc) is 2.35. The second-order valence-electron chi connectivity index (χ2n) is 4.82. The number of morpholine rings is 1. The lowest BCUT2D eigenvalue weighted by Gasteiger charge is -2.30. The van der Waals surface area contributed by atoms with E-state index in [0.717, 1.165) is 18.7 Å². The zero-order valence-electron chi connectivity index (χ0n) is 11.0. The van der Waals surface area contributed by atoms with Crippen molar-refractivity contribution in [2.75, 3.05) is 33.4 Å². The van der Waals surface area contributed by atoms with Gasteiger partial charge in [0.15, 0.2) is 0 Å². The van der Waals surface area contributed by atoms with Gasteiger partial charge in [0.2, 0.25) is 0 Å². The molecule has 1 aromatic rings. The summed E-state index contributed by atoms with van der Waals surface area (Å²) in [5.41, 5.74) is -0.921. The molecule has 0 spiro atoms. The fourth-order valence-corrected chi connectivity index (χ4v) is 2.05. The lowest BCUT2D eigenvalue weighted by Crippen LogP contribution is -2.43. The number of hydrogen-bond acceptors (Lipinski definition) is 3. The summed E-state index contributed by atoms with van der Waals surface area (Å²) < 4.78 is 62.1. The van der Waals surface area contributed by atoms with E-state index in [9.17, 15) is 17.3 Å². The summed E-state index contributed by atoms with van der Waals surface area (Å²) in [6.07, 6.45) is -0.314. The molecule has 1 atom stereocenters. The van der Waals surface area contributed by atoms with Crippen LogP contribution < -0.4 is 10.2 Å². The van der Waals surface area contributed by atoms with Crippen molar-refractivity contribution in [3.05, 3.63) is 24.0 Å². The Morgan fingerprint density at radius 1 is 1.40 bits per heavy atom. The monoisotopic (exact) mass is 292 g/mol. The van der Waals surface area contributed by atoms with Crippen LogP contribution in [-0.2, 0) is 4.74 Å². The molecule has 1 aromatic carbocycles. The molecule has 2 rings (SSSR count). The third-order valence-corrected chi connectivity index (χ3v) is 3.09. The third kappa shape index (κ3) is 3.86. The summed E-state index contributed by atoms with van der Waals surface area (Å²) in [5.74, 6) is -1.24. The van der Waals surface area contributed by atoms with Gasteiger partial charge in [-0.1, -0.05) is 11.5 Å². The van der Waals surface area contributed by atoms with E-state index >= 15 is 0 Å². The molecule has 0 radical (unpaired) electrons. The molecule has 1 aliphatic heterocycles. The molecule has 20 heavy (non-hydrogen) atoms. The first kappa shape index (κ1) is 15.1. The Labute approximate surface area is 114 Å². The molecule has 0 saturated carbocycles. The highest BCUT2D eigenvalue weighted by molar-refractivity contribution is 6.74. The van der Waals surface area contributed by atoms with Gasteiger partial charge < -0.3 is 27.3 Å². The highest BCUT2D eigenvalue weighted by Gasteiger charge is 2.30. The Balaban J connectivity index is 2.06. The summed E-state index contributed by atoms with van der Waals surface area (Å²) in [7, 11) is 1.89. The Morgan fingerprint density at radius 3 is 2.80 bits per heavy atom. The third-order valence-electron chi connectivity index (χ3n) is 3.09. The number of benzene rings is 1. The molecule has 3 nitrogen and oxygen atoms in total. The molecule has 8 heteroatoms. The Kier molecular flexibility index (Phi) is 4.54. The van der Waals surface area contributed by atoms with E-state index in [1.165, 1.54) is 0 Å². The summed E-state index contributed by atoms with van der Waals surface area (Å²) in [4.78, 5) is 2.00. The average molecular weight is 292 g/mol. The van der Waals surface area contributed by atoms with Gasteiger partial charge >= 0.3 is 6.98 Å². The van der Waals surface area contributed by atoms with Crippen molar-refractivity contribution >= 4 is 12.4 Å². The maximum atomic E-state index is 13.1. The van der Waals surface area contributed by atoms with Gasteiger partial charge in [0.25, 0.3) is 0 Å². The molecule has 0 amide bonds. The molecule has 1 saturated heterocycles. The Bertz CT molecular complexity index is 469. The molecule has 0 N–H and O–H groups in total. The largest absolute Gasteiger partial charge is 0.513 e. The second-order valence-corrected chi connectivity index (χ2v) is 4.82. The van der Waals surface area contributed by atoms with Crippen molar-refractivity contribution in [3.8, 4) is 5.75 Å². The molecule has 0 aliphatic carbocycles. The minimum atomic E-state index is -5.24. The minimum Gasteiger partial charge on any atom is -0.494 e. The van der Waals surface area contributed by atoms with Crippen LogP contribution in [-0.4, -0.2) is 51.3 Å². The maximum absolute atomic E-state index is 13.1. The van der Waals surface area contributed by atoms with Gasteiger partial charge in [-0.05, 0) is 13.1 Å². The van der Waals surface area contributed by atoms with E-state index in [0.29, 0.717) is 19.2 Å². The minimum absolute atomic E-state index is 0.0348. The van der Waals surface area contributed by atoms with Crippen LogP contribution in [0.1, 0.15) is 0 Å². The van der Waals surface area contributed by atoms with Crippen molar-refractivity contribution < 1.29 is 26.8 Å². The molecule has 0 aromatic heterocycles. The number of halogens is 4. The molecule has 1 heterocycles. The van der Waals surface area contributed by atoms with Gasteiger partial charge in [-0.25, -0.2) is 4.39 Å². The second kappa shape index (κ2) is 6.01. The van der Waals surface area contributed by atoms with Gasteiger partial charge in [-0.15, -0.1) is 0 Å². The number of rotatable bonds is 4. The van der Waals surface area contributed by atoms with E-state index < -0.39 is 24.0 Å². The number of likely N-dealkylation sites (N-methyl/N-ethyl adjacent to an activating group) is 1. The fourth-order valence-electron chi connectivity index (χ4n) is 2.05. The molecule has 1 aliphatic rings. The number of hydrogen-bond donors (Lipinski definition) is 0. The van der Waals surface area contributed by atoms with E-state index in [1.54, 1.807) is 0 Å². The Morgan fingerprint density at radius 2 is 2.15 bits per heavy atom. The topological polar surface area (TPSA) is 21.7 Å². The summed E-state index contributed by atoms with van der Waals surface area (Å²) in [6, 6.07) is 2.25. The van der Waals surface area contributed by atoms with Crippen LogP contribution in [0, 0.1) is 5.82 Å². The summed E-state index contributed by atoms with van der Waals surface area (Å²) >= 11 is 0. The van der Waals surface area contributed by atoms with Gasteiger partial charge in [-0.2, -0.15) is 0 Å². The first-order valence-corrected chi connectivity index (χ1v) is 6.28. The van der Waals surface area contributed by atoms with Crippen LogP contribution in [0.3, 0.4) is 0 Å². The first-order valence-electron chi connectivity index (χ1n) is 6.28. The standard InChI is InChI=1S/C12H15BF4NO2/c1-18-4-5-19-10(7-18)8-20-12-6-9(14)2-3-11(12)13(15,16)17/h2-3,6,10H,4-5,7-8H2,1H3/q-1. The van der Waals surface area contributed by atoms with Gasteiger partial charge in [0.1, 0.15) is 18.5 Å². The summed E-state index contributed by atoms with van der Waals surface area (Å²) in [5, 5.41) is 0. The molecular formula is C12H15BF4NO2-. The van der Waals surface area contributed by atoms with Crippen molar-refractivity contribution in [1.82, 2.24) is 4.90 Å². The summed E-state index contributed by atoms with van der Waals surface area (Å²) in [6.45, 7) is -3.43. The normalized spacial score (nSPS) is 20.9. The fraction of sp³-hybridized carbons (Fsp3) is 0.500. The van der Waals surface area contributed by atoms with Crippen LogP contribution >= 0.6 is 0 Å². The van der Waals surface area contributed by atoms with Crippen molar-refractivity contribution in [1.29, 1.82) is 0 Å².